The van der Waals surface area contributed by atoms with E-state index >= 15 is 0 Å². The van der Waals surface area contributed by atoms with Crippen molar-refractivity contribution in [1.82, 2.24) is 4.57 Å². The molecule has 0 bridgehead atoms. The van der Waals surface area contributed by atoms with E-state index in [2.05, 4.69) is 51.9 Å². The highest BCUT2D eigenvalue weighted by Crippen LogP contribution is 2.24. The Hall–Kier alpha value is -0.800. The van der Waals surface area contributed by atoms with E-state index in [1.54, 1.807) is 0 Å². The van der Waals surface area contributed by atoms with Gasteiger partial charge in [-0.05, 0) is 37.1 Å². The summed E-state index contributed by atoms with van der Waals surface area (Å²) < 4.78 is 3.30. The molecule has 0 radical (unpaired) electrons. The molecule has 80 valence electrons. The zero-order chi connectivity index (χ0) is 10.8. The van der Waals surface area contributed by atoms with Crippen molar-refractivity contribution in [3.63, 3.8) is 0 Å². The van der Waals surface area contributed by atoms with Crippen LogP contribution in [0.5, 0.6) is 0 Å². The van der Waals surface area contributed by atoms with Gasteiger partial charge in [0.05, 0.1) is 0 Å². The SMILES string of the molecule is Cn1cc(CCCN)c2ccc(Br)cc21. The molecule has 0 amide bonds. The molecule has 0 aliphatic carbocycles. The molecular weight excluding hydrogens is 252 g/mol. The molecule has 0 atom stereocenters. The minimum absolute atomic E-state index is 0.757. The Labute approximate surface area is 98.2 Å². The zero-order valence-electron chi connectivity index (χ0n) is 8.83. The summed E-state index contributed by atoms with van der Waals surface area (Å²) >= 11 is 3.50. The first-order chi connectivity index (χ1) is 7.22. The van der Waals surface area contributed by atoms with Crippen molar-refractivity contribution in [2.45, 2.75) is 12.8 Å². The third kappa shape index (κ3) is 2.08. The van der Waals surface area contributed by atoms with Gasteiger partial charge in [-0.2, -0.15) is 0 Å². The van der Waals surface area contributed by atoms with Crippen molar-refractivity contribution < 1.29 is 0 Å². The smallest absolute Gasteiger partial charge is 0.0491 e. The van der Waals surface area contributed by atoms with Crippen LogP contribution in [0.25, 0.3) is 10.9 Å². The number of halogens is 1. The maximum Gasteiger partial charge on any atom is 0.0491 e. The molecule has 0 aliphatic heterocycles. The van der Waals surface area contributed by atoms with E-state index in [0.717, 1.165) is 23.9 Å². The molecule has 3 heteroatoms. The third-order valence-electron chi connectivity index (χ3n) is 2.69. The van der Waals surface area contributed by atoms with Gasteiger partial charge in [0.25, 0.3) is 0 Å². The molecule has 2 rings (SSSR count). The monoisotopic (exact) mass is 266 g/mol. The first-order valence-electron chi connectivity index (χ1n) is 5.16. The van der Waals surface area contributed by atoms with Crippen molar-refractivity contribution in [3.8, 4) is 0 Å². The molecule has 2 N–H and O–H groups in total. The summed E-state index contributed by atoms with van der Waals surface area (Å²) in [4.78, 5) is 0. The van der Waals surface area contributed by atoms with E-state index in [-0.39, 0.29) is 0 Å². The summed E-state index contributed by atoms with van der Waals surface area (Å²) in [7, 11) is 2.08. The van der Waals surface area contributed by atoms with Gasteiger partial charge in [0, 0.05) is 28.6 Å². The molecule has 2 aromatic rings. The maximum atomic E-state index is 5.54. The number of rotatable bonds is 3. The summed E-state index contributed by atoms with van der Waals surface area (Å²) in [6, 6.07) is 6.42. The first-order valence-corrected chi connectivity index (χ1v) is 5.95. The van der Waals surface area contributed by atoms with Crippen LogP contribution in [0, 0.1) is 0 Å². The van der Waals surface area contributed by atoms with Crippen molar-refractivity contribution >= 4 is 26.8 Å². The van der Waals surface area contributed by atoms with Crippen molar-refractivity contribution in [2.75, 3.05) is 6.54 Å². The highest BCUT2D eigenvalue weighted by Gasteiger charge is 2.05. The average Bonchev–Trinajstić information content (AvgIpc) is 2.53. The first kappa shape index (κ1) is 10.7. The van der Waals surface area contributed by atoms with Gasteiger partial charge < -0.3 is 10.3 Å². The Balaban J connectivity index is 2.48. The fraction of sp³-hybridized carbons (Fsp3) is 0.333. The lowest BCUT2D eigenvalue weighted by molar-refractivity contribution is 0.830. The van der Waals surface area contributed by atoms with E-state index in [9.17, 15) is 0 Å². The number of hydrogen-bond acceptors (Lipinski definition) is 1. The number of benzene rings is 1. The van der Waals surface area contributed by atoms with Gasteiger partial charge in [-0.25, -0.2) is 0 Å². The summed E-state index contributed by atoms with van der Waals surface area (Å²) in [5.74, 6) is 0. The van der Waals surface area contributed by atoms with E-state index in [1.807, 2.05) is 0 Å². The van der Waals surface area contributed by atoms with Crippen LogP contribution in [0.2, 0.25) is 0 Å². The van der Waals surface area contributed by atoms with E-state index in [0.29, 0.717) is 0 Å². The number of aryl methyl sites for hydroxylation is 2. The second kappa shape index (κ2) is 4.37. The molecule has 0 aliphatic rings. The number of hydrogen-bond donors (Lipinski definition) is 1. The van der Waals surface area contributed by atoms with Crippen LogP contribution in [-0.4, -0.2) is 11.1 Å². The fourth-order valence-corrected chi connectivity index (χ4v) is 2.28. The zero-order valence-corrected chi connectivity index (χ0v) is 10.4. The highest BCUT2D eigenvalue weighted by molar-refractivity contribution is 9.10. The van der Waals surface area contributed by atoms with Crippen LogP contribution < -0.4 is 5.73 Å². The predicted molar refractivity (Wildman–Crippen MR) is 68.0 cm³/mol. The lowest BCUT2D eigenvalue weighted by Crippen LogP contribution is -1.99. The third-order valence-corrected chi connectivity index (χ3v) is 3.18. The van der Waals surface area contributed by atoms with Crippen LogP contribution in [0.3, 0.4) is 0 Å². The normalized spacial score (nSPS) is 11.1. The summed E-state index contributed by atoms with van der Waals surface area (Å²) in [6.45, 7) is 0.757. The van der Waals surface area contributed by atoms with Gasteiger partial charge in [0.2, 0.25) is 0 Å². The van der Waals surface area contributed by atoms with Crippen LogP contribution in [0.4, 0.5) is 0 Å². The van der Waals surface area contributed by atoms with Crippen LogP contribution in [0.1, 0.15) is 12.0 Å². The van der Waals surface area contributed by atoms with Gasteiger partial charge in [-0.1, -0.05) is 22.0 Å². The Morgan fingerprint density at radius 3 is 2.93 bits per heavy atom. The Morgan fingerprint density at radius 2 is 2.20 bits per heavy atom. The molecule has 1 aromatic carbocycles. The number of nitrogens with zero attached hydrogens (tertiary/aromatic N) is 1. The molecule has 0 saturated heterocycles. The predicted octanol–water partition coefficient (Wildman–Crippen LogP) is 2.83. The molecule has 2 nitrogen and oxygen atoms in total. The minimum atomic E-state index is 0.757. The Kier molecular flexibility index (Phi) is 3.12. The summed E-state index contributed by atoms with van der Waals surface area (Å²) in [6.07, 6.45) is 4.32. The molecule has 0 spiro atoms. The lowest BCUT2D eigenvalue weighted by atomic mass is 10.1. The quantitative estimate of drug-likeness (QED) is 0.910. The molecular formula is C12H15BrN2. The molecule has 0 unspecified atom stereocenters. The van der Waals surface area contributed by atoms with Gasteiger partial charge in [-0.15, -0.1) is 0 Å². The maximum absolute atomic E-state index is 5.54. The molecule has 1 aromatic heterocycles. The van der Waals surface area contributed by atoms with Gasteiger partial charge in [0.15, 0.2) is 0 Å². The molecule has 0 fully saturated rings. The summed E-state index contributed by atoms with van der Waals surface area (Å²) in [5.41, 5.74) is 8.21. The van der Waals surface area contributed by atoms with E-state index < -0.39 is 0 Å². The number of fused-ring (bicyclic) bond motifs is 1. The summed E-state index contributed by atoms with van der Waals surface area (Å²) in [5, 5.41) is 1.34. The molecule has 15 heavy (non-hydrogen) atoms. The number of nitrogens with two attached hydrogens (primary N) is 1. The van der Waals surface area contributed by atoms with E-state index in [4.69, 9.17) is 5.73 Å². The van der Waals surface area contributed by atoms with Crippen LogP contribution in [-0.2, 0) is 13.5 Å². The Morgan fingerprint density at radius 1 is 1.40 bits per heavy atom. The average molecular weight is 267 g/mol. The minimum Gasteiger partial charge on any atom is -0.350 e. The van der Waals surface area contributed by atoms with Crippen molar-refractivity contribution in [3.05, 3.63) is 34.4 Å². The van der Waals surface area contributed by atoms with Crippen LogP contribution in [0.15, 0.2) is 28.9 Å². The second-order valence-electron chi connectivity index (χ2n) is 3.82. The number of aromatic nitrogens is 1. The van der Waals surface area contributed by atoms with Crippen LogP contribution >= 0.6 is 15.9 Å². The van der Waals surface area contributed by atoms with E-state index in [1.165, 1.54) is 16.5 Å². The van der Waals surface area contributed by atoms with Gasteiger partial charge in [0.1, 0.15) is 0 Å². The van der Waals surface area contributed by atoms with Crippen molar-refractivity contribution in [1.29, 1.82) is 0 Å². The topological polar surface area (TPSA) is 30.9 Å². The standard InChI is InChI=1S/C12H15BrN2/c1-15-8-9(3-2-6-14)11-5-4-10(13)7-12(11)15/h4-5,7-8H,2-3,6,14H2,1H3. The lowest BCUT2D eigenvalue weighted by Gasteiger charge is -1.97. The van der Waals surface area contributed by atoms with Gasteiger partial charge >= 0.3 is 0 Å². The second-order valence-corrected chi connectivity index (χ2v) is 4.73. The largest absolute Gasteiger partial charge is 0.350 e. The highest BCUT2D eigenvalue weighted by atomic mass is 79.9. The Bertz CT molecular complexity index is 474. The molecule has 0 saturated carbocycles. The van der Waals surface area contributed by atoms with Crippen molar-refractivity contribution in [2.24, 2.45) is 12.8 Å². The fourth-order valence-electron chi connectivity index (χ4n) is 1.93. The molecule has 1 heterocycles. The van der Waals surface area contributed by atoms with Gasteiger partial charge in [-0.3, -0.25) is 0 Å².